The summed E-state index contributed by atoms with van der Waals surface area (Å²) in [5.74, 6) is -0.758. The first-order valence-electron chi connectivity index (χ1n) is 12.2. The average molecular weight is 494 g/mol. The predicted molar refractivity (Wildman–Crippen MR) is 134 cm³/mol. The summed E-state index contributed by atoms with van der Waals surface area (Å²) >= 11 is 0. The van der Waals surface area contributed by atoms with Crippen molar-refractivity contribution in [1.82, 2.24) is 15.1 Å². The van der Waals surface area contributed by atoms with Gasteiger partial charge in [0, 0.05) is 37.5 Å². The summed E-state index contributed by atoms with van der Waals surface area (Å²) in [6.45, 7) is 5.65. The van der Waals surface area contributed by atoms with Gasteiger partial charge in [-0.15, -0.1) is 0 Å². The molecule has 9 heteroatoms. The Morgan fingerprint density at radius 1 is 1.17 bits per heavy atom. The average Bonchev–Trinajstić information content (AvgIpc) is 3.28. The molecule has 0 bridgehead atoms. The third-order valence-corrected chi connectivity index (χ3v) is 7.21. The van der Waals surface area contributed by atoms with Crippen molar-refractivity contribution in [2.24, 2.45) is 18.9 Å². The summed E-state index contributed by atoms with van der Waals surface area (Å²) in [5, 5.41) is 21.7. The second-order valence-electron chi connectivity index (χ2n) is 9.78. The van der Waals surface area contributed by atoms with Crippen LogP contribution in [0.3, 0.4) is 0 Å². The molecule has 1 aliphatic carbocycles. The lowest BCUT2D eigenvalue weighted by Crippen LogP contribution is -2.49. The number of carbonyl (C=O) groups excluding carboxylic acids is 2. The Labute approximate surface area is 210 Å². The van der Waals surface area contributed by atoms with Crippen LogP contribution in [-0.2, 0) is 11.8 Å². The van der Waals surface area contributed by atoms with Gasteiger partial charge in [0.2, 0.25) is 5.91 Å². The summed E-state index contributed by atoms with van der Waals surface area (Å²) < 4.78 is 17.3. The standard InChI is InChI=1S/C27H32FN5O3/c1-16-5-7-19(8-6-16)25(31-26(34)23-11-13-29-32(23)4)27(35)30-20-9-10-21(22(28)15-20)24-17(2)12-14-33(36)18(24)3/h9-16,19,25H,5-8H2,1-4H3,(H,30,35)(H,31,34)/t16?,19?,25-/m0/s1. The van der Waals surface area contributed by atoms with Crippen LogP contribution in [0.4, 0.5) is 10.1 Å². The van der Waals surface area contributed by atoms with Crippen molar-refractivity contribution < 1.29 is 18.7 Å². The van der Waals surface area contributed by atoms with E-state index in [-0.39, 0.29) is 29.0 Å². The van der Waals surface area contributed by atoms with Crippen LogP contribution in [0.2, 0.25) is 0 Å². The van der Waals surface area contributed by atoms with Crippen molar-refractivity contribution in [2.45, 2.75) is 52.5 Å². The van der Waals surface area contributed by atoms with E-state index in [1.165, 1.54) is 23.1 Å². The number of anilines is 1. The highest BCUT2D eigenvalue weighted by atomic mass is 19.1. The number of pyridine rings is 1. The topological polar surface area (TPSA) is 103 Å². The molecule has 1 aliphatic rings. The molecular formula is C27H32FN5O3. The Morgan fingerprint density at radius 3 is 2.53 bits per heavy atom. The maximum absolute atomic E-state index is 15.2. The van der Waals surface area contributed by atoms with E-state index in [2.05, 4.69) is 22.7 Å². The number of aromatic nitrogens is 3. The van der Waals surface area contributed by atoms with Gasteiger partial charge in [-0.05, 0) is 61.4 Å². The fraction of sp³-hybridized carbons (Fsp3) is 0.407. The van der Waals surface area contributed by atoms with E-state index in [4.69, 9.17) is 0 Å². The minimum atomic E-state index is -0.763. The molecule has 0 radical (unpaired) electrons. The summed E-state index contributed by atoms with van der Waals surface area (Å²) in [5.41, 5.74) is 2.63. The highest BCUT2D eigenvalue weighted by molar-refractivity contribution is 6.00. The highest BCUT2D eigenvalue weighted by Crippen LogP contribution is 2.32. The number of benzene rings is 1. The van der Waals surface area contributed by atoms with Gasteiger partial charge in [0.15, 0.2) is 11.9 Å². The number of nitrogens with zero attached hydrogens (tertiary/aromatic N) is 3. The summed E-state index contributed by atoms with van der Waals surface area (Å²) in [4.78, 5) is 26.3. The zero-order valence-electron chi connectivity index (χ0n) is 21.0. The smallest absolute Gasteiger partial charge is 0.270 e. The van der Waals surface area contributed by atoms with Crippen LogP contribution in [0.15, 0.2) is 42.7 Å². The van der Waals surface area contributed by atoms with Crippen molar-refractivity contribution >= 4 is 17.5 Å². The largest absolute Gasteiger partial charge is 0.618 e. The Bertz CT molecular complexity index is 1280. The van der Waals surface area contributed by atoms with E-state index in [1.54, 1.807) is 38.2 Å². The molecule has 2 heterocycles. The molecule has 8 nitrogen and oxygen atoms in total. The van der Waals surface area contributed by atoms with Crippen LogP contribution >= 0.6 is 0 Å². The van der Waals surface area contributed by atoms with Crippen molar-refractivity contribution in [3.63, 3.8) is 0 Å². The number of hydrogen-bond acceptors (Lipinski definition) is 4. The minimum absolute atomic E-state index is 0.0235. The number of hydrogen-bond donors (Lipinski definition) is 2. The zero-order chi connectivity index (χ0) is 26.0. The molecule has 1 fully saturated rings. The molecule has 36 heavy (non-hydrogen) atoms. The second-order valence-corrected chi connectivity index (χ2v) is 9.78. The second kappa shape index (κ2) is 10.5. The Balaban J connectivity index is 1.57. The molecule has 1 saturated carbocycles. The first kappa shape index (κ1) is 25.3. The van der Waals surface area contributed by atoms with Gasteiger partial charge in [0.25, 0.3) is 5.91 Å². The molecule has 3 aromatic rings. The third-order valence-electron chi connectivity index (χ3n) is 7.21. The fourth-order valence-corrected chi connectivity index (χ4v) is 5.02. The lowest BCUT2D eigenvalue weighted by molar-refractivity contribution is -0.611. The predicted octanol–water partition coefficient (Wildman–Crippen LogP) is 4.04. The number of amides is 2. The molecule has 0 aliphatic heterocycles. The van der Waals surface area contributed by atoms with E-state index in [9.17, 15) is 14.8 Å². The van der Waals surface area contributed by atoms with Gasteiger partial charge >= 0.3 is 0 Å². The van der Waals surface area contributed by atoms with E-state index < -0.39 is 11.9 Å². The fourth-order valence-electron chi connectivity index (χ4n) is 5.02. The molecule has 1 aromatic carbocycles. The highest BCUT2D eigenvalue weighted by Gasteiger charge is 2.33. The van der Waals surface area contributed by atoms with Crippen molar-refractivity contribution in [2.75, 3.05) is 5.32 Å². The molecule has 190 valence electrons. The van der Waals surface area contributed by atoms with Crippen LogP contribution in [0.5, 0.6) is 0 Å². The molecule has 2 amide bonds. The SMILES string of the molecule is Cc1cc[n+]([O-])c(C)c1-c1ccc(NC(=O)[C@@H](NC(=O)c2ccnn2C)C2CCC(C)CC2)cc1F. The normalized spacial score (nSPS) is 18.5. The number of rotatable bonds is 6. The first-order valence-corrected chi connectivity index (χ1v) is 12.2. The van der Waals surface area contributed by atoms with E-state index in [1.807, 2.05) is 6.92 Å². The molecule has 2 aromatic heterocycles. The van der Waals surface area contributed by atoms with Gasteiger partial charge < -0.3 is 15.8 Å². The van der Waals surface area contributed by atoms with Crippen LogP contribution in [0.1, 0.15) is 54.4 Å². The van der Waals surface area contributed by atoms with Crippen molar-refractivity contribution in [1.29, 1.82) is 0 Å². The van der Waals surface area contributed by atoms with Crippen molar-refractivity contribution in [3.8, 4) is 11.1 Å². The molecule has 1 atom stereocenters. The van der Waals surface area contributed by atoms with Crippen LogP contribution in [-0.4, -0.2) is 27.6 Å². The zero-order valence-corrected chi connectivity index (χ0v) is 21.0. The number of aryl methyl sites for hydroxylation is 2. The maximum atomic E-state index is 15.2. The third kappa shape index (κ3) is 5.24. The van der Waals surface area contributed by atoms with Crippen LogP contribution in [0.25, 0.3) is 11.1 Å². The van der Waals surface area contributed by atoms with E-state index in [0.29, 0.717) is 27.6 Å². The number of carbonyl (C=O) groups is 2. The first-order chi connectivity index (χ1) is 17.2. The molecule has 4 rings (SSSR count). The number of halogens is 1. The molecular weight excluding hydrogens is 461 g/mol. The van der Waals surface area contributed by atoms with Gasteiger partial charge in [-0.2, -0.15) is 9.83 Å². The van der Waals surface area contributed by atoms with Crippen LogP contribution < -0.4 is 15.4 Å². The minimum Gasteiger partial charge on any atom is -0.618 e. The maximum Gasteiger partial charge on any atom is 0.270 e. The Hall–Kier alpha value is -3.75. The van der Waals surface area contributed by atoms with Gasteiger partial charge in [0.1, 0.15) is 17.6 Å². The van der Waals surface area contributed by atoms with E-state index in [0.717, 1.165) is 31.2 Å². The molecule has 0 saturated heterocycles. The van der Waals surface area contributed by atoms with Crippen LogP contribution in [0, 0.1) is 36.7 Å². The van der Waals surface area contributed by atoms with Gasteiger partial charge in [-0.1, -0.05) is 19.8 Å². The van der Waals surface area contributed by atoms with Gasteiger partial charge in [-0.3, -0.25) is 14.3 Å². The molecule has 2 N–H and O–H groups in total. The summed E-state index contributed by atoms with van der Waals surface area (Å²) in [6.07, 6.45) is 6.53. The molecule has 0 unspecified atom stereocenters. The Morgan fingerprint density at radius 2 is 1.89 bits per heavy atom. The number of nitrogens with one attached hydrogen (secondary N) is 2. The quantitative estimate of drug-likeness (QED) is 0.400. The molecule has 0 spiro atoms. The lowest BCUT2D eigenvalue weighted by Gasteiger charge is -2.32. The summed E-state index contributed by atoms with van der Waals surface area (Å²) in [6, 6.07) is 6.90. The Kier molecular flexibility index (Phi) is 7.37. The van der Waals surface area contributed by atoms with Crippen molar-refractivity contribution in [3.05, 3.63) is 70.7 Å². The lowest BCUT2D eigenvalue weighted by atomic mass is 9.79. The summed E-state index contributed by atoms with van der Waals surface area (Å²) in [7, 11) is 1.67. The monoisotopic (exact) mass is 493 g/mol. The van der Waals surface area contributed by atoms with E-state index >= 15 is 4.39 Å². The van der Waals surface area contributed by atoms with Gasteiger partial charge in [0.05, 0.1) is 5.56 Å². The van der Waals surface area contributed by atoms with Gasteiger partial charge in [-0.25, -0.2) is 4.39 Å².